The van der Waals surface area contributed by atoms with Crippen molar-refractivity contribution in [3.8, 4) is 0 Å². The Labute approximate surface area is 81.5 Å². The highest BCUT2D eigenvalue weighted by Gasteiger charge is 2.14. The minimum absolute atomic E-state index is 0.111. The van der Waals surface area contributed by atoms with Gasteiger partial charge >= 0.3 is 0 Å². The summed E-state index contributed by atoms with van der Waals surface area (Å²) >= 11 is 5.55. The van der Waals surface area contributed by atoms with E-state index in [2.05, 4.69) is 0 Å². The molecule has 0 unspecified atom stereocenters. The van der Waals surface area contributed by atoms with Crippen LogP contribution in [0.3, 0.4) is 0 Å². The van der Waals surface area contributed by atoms with Crippen LogP contribution in [0.4, 0.5) is 4.39 Å². The van der Waals surface area contributed by atoms with Crippen LogP contribution < -0.4 is 0 Å². The number of rotatable bonds is 2. The number of carbonyl (C=O) groups is 1. The molecule has 1 nitrogen and oxygen atoms in total. The first-order chi connectivity index (χ1) is 6.02. The minimum atomic E-state index is -0.550. The quantitative estimate of drug-likeness (QED) is 0.670. The van der Waals surface area contributed by atoms with Crippen molar-refractivity contribution in [3.63, 3.8) is 0 Å². The van der Waals surface area contributed by atoms with Gasteiger partial charge in [-0.1, -0.05) is 25.4 Å². The zero-order chi connectivity index (χ0) is 10.0. The molecule has 0 fully saturated rings. The van der Waals surface area contributed by atoms with Gasteiger partial charge in [0.05, 0.1) is 5.56 Å². The van der Waals surface area contributed by atoms with Crippen LogP contribution in [-0.4, -0.2) is 5.78 Å². The third-order valence-electron chi connectivity index (χ3n) is 1.72. The maximum absolute atomic E-state index is 13.2. The largest absolute Gasteiger partial charge is 0.294 e. The van der Waals surface area contributed by atoms with Crippen molar-refractivity contribution in [2.75, 3.05) is 0 Å². The van der Waals surface area contributed by atoms with Gasteiger partial charge in [-0.05, 0) is 18.2 Å². The van der Waals surface area contributed by atoms with Crippen LogP contribution in [0.15, 0.2) is 18.2 Å². The van der Waals surface area contributed by atoms with Crippen molar-refractivity contribution in [2.45, 2.75) is 13.8 Å². The van der Waals surface area contributed by atoms with Gasteiger partial charge in [-0.25, -0.2) is 4.39 Å². The number of ketones is 1. The lowest BCUT2D eigenvalue weighted by Gasteiger charge is -2.04. The second-order valence-electron chi connectivity index (χ2n) is 3.14. The van der Waals surface area contributed by atoms with Gasteiger partial charge in [-0.3, -0.25) is 4.79 Å². The van der Waals surface area contributed by atoms with Gasteiger partial charge in [0, 0.05) is 10.9 Å². The Morgan fingerprint density at radius 3 is 2.54 bits per heavy atom. The number of Topliss-reactive ketones (excluding diaryl/α,β-unsaturated/α-hetero) is 1. The second kappa shape index (κ2) is 3.88. The first-order valence-corrected chi connectivity index (χ1v) is 4.39. The fourth-order valence-electron chi connectivity index (χ4n) is 1.00. The Morgan fingerprint density at radius 1 is 1.46 bits per heavy atom. The molecule has 0 saturated heterocycles. The highest BCUT2D eigenvalue weighted by molar-refractivity contribution is 6.30. The summed E-state index contributed by atoms with van der Waals surface area (Å²) in [6.45, 7) is 3.47. The normalized spacial score (nSPS) is 10.5. The van der Waals surface area contributed by atoms with E-state index in [-0.39, 0.29) is 17.3 Å². The lowest BCUT2D eigenvalue weighted by atomic mass is 10.0. The predicted molar refractivity (Wildman–Crippen MR) is 50.6 cm³/mol. The summed E-state index contributed by atoms with van der Waals surface area (Å²) in [5.41, 5.74) is 0.111. The Morgan fingerprint density at radius 2 is 2.08 bits per heavy atom. The van der Waals surface area contributed by atoms with Crippen LogP contribution in [-0.2, 0) is 0 Å². The summed E-state index contributed by atoms with van der Waals surface area (Å²) in [6.07, 6.45) is 0. The van der Waals surface area contributed by atoms with E-state index in [0.29, 0.717) is 5.02 Å². The van der Waals surface area contributed by atoms with Crippen LogP contribution in [0, 0.1) is 11.7 Å². The average molecular weight is 201 g/mol. The fraction of sp³-hybridized carbons (Fsp3) is 0.300. The topological polar surface area (TPSA) is 17.1 Å². The molecule has 1 aromatic carbocycles. The Kier molecular flexibility index (Phi) is 3.04. The van der Waals surface area contributed by atoms with Crippen molar-refractivity contribution in [2.24, 2.45) is 5.92 Å². The molecule has 70 valence electrons. The first-order valence-electron chi connectivity index (χ1n) is 4.01. The molecule has 0 amide bonds. The van der Waals surface area contributed by atoms with E-state index in [1.165, 1.54) is 12.1 Å². The van der Waals surface area contributed by atoms with E-state index >= 15 is 0 Å². The molecule has 0 saturated carbocycles. The van der Waals surface area contributed by atoms with Gasteiger partial charge < -0.3 is 0 Å². The molecule has 0 N–H and O–H groups in total. The molecule has 0 aliphatic carbocycles. The molecule has 1 rings (SSSR count). The molecule has 0 bridgehead atoms. The molecule has 0 aromatic heterocycles. The third-order valence-corrected chi connectivity index (χ3v) is 1.96. The lowest BCUT2D eigenvalue weighted by Crippen LogP contribution is -2.09. The van der Waals surface area contributed by atoms with Crippen LogP contribution >= 0.6 is 11.6 Å². The van der Waals surface area contributed by atoms with Crippen LogP contribution in [0.25, 0.3) is 0 Å². The van der Waals surface area contributed by atoms with Crippen LogP contribution in [0.2, 0.25) is 5.02 Å². The lowest BCUT2D eigenvalue weighted by molar-refractivity contribution is 0.0935. The number of benzene rings is 1. The average Bonchev–Trinajstić information content (AvgIpc) is 2.03. The van der Waals surface area contributed by atoms with Crippen molar-refractivity contribution in [1.82, 2.24) is 0 Å². The van der Waals surface area contributed by atoms with Gasteiger partial charge in [0.15, 0.2) is 5.78 Å². The third kappa shape index (κ3) is 2.28. The van der Waals surface area contributed by atoms with Crippen molar-refractivity contribution >= 4 is 17.4 Å². The van der Waals surface area contributed by atoms with Gasteiger partial charge in [0.25, 0.3) is 0 Å². The highest BCUT2D eigenvalue weighted by Crippen LogP contribution is 2.17. The summed E-state index contributed by atoms with van der Waals surface area (Å²) < 4.78 is 13.2. The molecule has 0 aliphatic rings. The Balaban J connectivity index is 3.09. The maximum Gasteiger partial charge on any atom is 0.168 e. The standard InChI is InChI=1S/C10H10ClFO/c1-6(2)10(13)8-4-3-7(11)5-9(8)12/h3-6H,1-2H3. The van der Waals surface area contributed by atoms with E-state index in [1.807, 2.05) is 0 Å². The SMILES string of the molecule is CC(C)C(=O)c1ccc(Cl)cc1F. The number of carbonyl (C=O) groups excluding carboxylic acids is 1. The zero-order valence-corrected chi connectivity index (χ0v) is 8.23. The summed E-state index contributed by atoms with van der Waals surface area (Å²) in [5.74, 6) is -0.948. The van der Waals surface area contributed by atoms with Crippen molar-refractivity contribution in [1.29, 1.82) is 0 Å². The summed E-state index contributed by atoms with van der Waals surface area (Å²) in [4.78, 5) is 11.4. The van der Waals surface area contributed by atoms with Crippen molar-refractivity contribution < 1.29 is 9.18 Å². The number of hydrogen-bond donors (Lipinski definition) is 0. The van der Waals surface area contributed by atoms with E-state index in [0.717, 1.165) is 6.07 Å². The van der Waals surface area contributed by atoms with Gasteiger partial charge in [0.2, 0.25) is 0 Å². The second-order valence-corrected chi connectivity index (χ2v) is 3.58. The molecular formula is C10H10ClFO. The minimum Gasteiger partial charge on any atom is -0.294 e. The first kappa shape index (κ1) is 10.2. The molecule has 3 heteroatoms. The maximum atomic E-state index is 13.2. The number of halogens is 2. The van der Waals surface area contributed by atoms with E-state index in [9.17, 15) is 9.18 Å². The van der Waals surface area contributed by atoms with E-state index in [4.69, 9.17) is 11.6 Å². The van der Waals surface area contributed by atoms with Crippen molar-refractivity contribution in [3.05, 3.63) is 34.6 Å². The van der Waals surface area contributed by atoms with E-state index < -0.39 is 5.82 Å². The molecule has 1 aromatic rings. The zero-order valence-electron chi connectivity index (χ0n) is 7.47. The summed E-state index contributed by atoms with van der Waals surface area (Å²) in [6, 6.07) is 4.08. The van der Waals surface area contributed by atoms with E-state index in [1.54, 1.807) is 13.8 Å². The Hall–Kier alpha value is -0.890. The monoisotopic (exact) mass is 200 g/mol. The van der Waals surface area contributed by atoms with Gasteiger partial charge in [-0.2, -0.15) is 0 Å². The number of hydrogen-bond acceptors (Lipinski definition) is 1. The van der Waals surface area contributed by atoms with Gasteiger partial charge in [-0.15, -0.1) is 0 Å². The molecule has 0 aliphatic heterocycles. The Bertz CT molecular complexity index is 334. The van der Waals surface area contributed by atoms with Crippen LogP contribution in [0.1, 0.15) is 24.2 Å². The molecule has 0 atom stereocenters. The predicted octanol–water partition coefficient (Wildman–Crippen LogP) is 3.32. The molecular weight excluding hydrogens is 191 g/mol. The fourth-order valence-corrected chi connectivity index (χ4v) is 1.16. The van der Waals surface area contributed by atoms with Gasteiger partial charge in [0.1, 0.15) is 5.82 Å². The molecule has 0 spiro atoms. The molecule has 0 heterocycles. The molecule has 13 heavy (non-hydrogen) atoms. The highest BCUT2D eigenvalue weighted by atomic mass is 35.5. The summed E-state index contributed by atoms with van der Waals surface area (Å²) in [7, 11) is 0. The van der Waals surface area contributed by atoms with Crippen LogP contribution in [0.5, 0.6) is 0 Å². The summed E-state index contributed by atoms with van der Waals surface area (Å²) in [5, 5.41) is 0.304. The molecule has 0 radical (unpaired) electrons. The smallest absolute Gasteiger partial charge is 0.168 e.